The van der Waals surface area contributed by atoms with Crippen LogP contribution in [0.1, 0.15) is 285 Å². The molecular formula is C46H95NNa. The van der Waals surface area contributed by atoms with E-state index in [1.54, 1.807) is 0 Å². The monoisotopic (exact) mass is 685 g/mol. The van der Waals surface area contributed by atoms with Gasteiger partial charge in [-0.15, -0.1) is 0 Å². The van der Waals surface area contributed by atoms with Gasteiger partial charge in [-0.25, -0.2) is 0 Å². The molecule has 0 fully saturated rings. The molecule has 0 bridgehead atoms. The van der Waals surface area contributed by atoms with Crippen molar-refractivity contribution in [1.82, 2.24) is 5.32 Å². The van der Waals surface area contributed by atoms with Gasteiger partial charge in [0.25, 0.3) is 0 Å². The summed E-state index contributed by atoms with van der Waals surface area (Å²) in [4.78, 5) is 0. The minimum atomic E-state index is 0. The fourth-order valence-electron chi connectivity index (χ4n) is 7.76. The summed E-state index contributed by atoms with van der Waals surface area (Å²) in [5, 5.41) is 4.35. The van der Waals surface area contributed by atoms with E-state index in [1.807, 2.05) is 0 Å². The van der Waals surface area contributed by atoms with Crippen LogP contribution in [-0.4, -0.2) is 41.6 Å². The molecule has 0 saturated heterocycles. The number of nitrogens with one attached hydrogen (secondary N) is 1. The molecule has 1 radical (unpaired) electrons. The van der Waals surface area contributed by atoms with E-state index < -0.39 is 0 Å². The molecule has 285 valence electrons. The van der Waals surface area contributed by atoms with E-state index in [1.165, 1.54) is 257 Å². The van der Waals surface area contributed by atoms with Crippen LogP contribution in [0.15, 0.2) is 0 Å². The van der Waals surface area contributed by atoms with Gasteiger partial charge in [-0.2, -0.15) is 0 Å². The summed E-state index contributed by atoms with van der Waals surface area (Å²) in [6, 6.07) is 1.54. The summed E-state index contributed by atoms with van der Waals surface area (Å²) in [5.74, 6) is 0. The van der Waals surface area contributed by atoms with E-state index >= 15 is 0 Å². The van der Waals surface area contributed by atoms with E-state index in [2.05, 4.69) is 33.0 Å². The maximum atomic E-state index is 4.35. The molecule has 2 heteroatoms. The topological polar surface area (TPSA) is 12.0 Å². The summed E-state index contributed by atoms with van der Waals surface area (Å²) in [5.41, 5.74) is 0. The molecule has 0 aromatic carbocycles. The van der Waals surface area contributed by atoms with Crippen molar-refractivity contribution in [2.75, 3.05) is 0 Å². The fourth-order valence-corrected chi connectivity index (χ4v) is 7.76. The van der Waals surface area contributed by atoms with Crippen LogP contribution in [0.3, 0.4) is 0 Å². The largest absolute Gasteiger partial charge is 0.311 e. The second kappa shape index (κ2) is 46.0. The Balaban J connectivity index is 0. The molecule has 1 N–H and O–H groups in total. The van der Waals surface area contributed by atoms with Gasteiger partial charge >= 0.3 is 0 Å². The van der Waals surface area contributed by atoms with E-state index in [4.69, 9.17) is 0 Å². The van der Waals surface area contributed by atoms with Gasteiger partial charge in [0.05, 0.1) is 0 Å². The zero-order valence-electron chi connectivity index (χ0n) is 34.9. The first kappa shape index (κ1) is 51.1. The number of unbranched alkanes of at least 4 members (excludes halogenated alkanes) is 32. The second-order valence-corrected chi connectivity index (χ2v) is 16.0. The van der Waals surface area contributed by atoms with Gasteiger partial charge in [0.2, 0.25) is 0 Å². The molecule has 0 aliphatic carbocycles. The Morgan fingerprint density at radius 1 is 0.229 bits per heavy atom. The number of hydrogen-bond acceptors (Lipinski definition) is 1. The van der Waals surface area contributed by atoms with Gasteiger partial charge < -0.3 is 5.32 Å². The van der Waals surface area contributed by atoms with Crippen molar-refractivity contribution >= 4 is 29.6 Å². The Morgan fingerprint density at radius 2 is 0.375 bits per heavy atom. The van der Waals surface area contributed by atoms with E-state index in [0.29, 0.717) is 0 Å². The first-order valence-corrected chi connectivity index (χ1v) is 23.0. The van der Waals surface area contributed by atoms with Gasteiger partial charge in [-0.05, 0) is 25.7 Å². The van der Waals surface area contributed by atoms with Crippen LogP contribution in [0.25, 0.3) is 0 Å². The van der Waals surface area contributed by atoms with Crippen LogP contribution < -0.4 is 5.32 Å². The van der Waals surface area contributed by atoms with Crippen molar-refractivity contribution in [2.24, 2.45) is 0 Å². The van der Waals surface area contributed by atoms with Crippen molar-refractivity contribution in [3.8, 4) is 0 Å². The van der Waals surface area contributed by atoms with Crippen molar-refractivity contribution in [3.05, 3.63) is 0 Å². The summed E-state index contributed by atoms with van der Waals surface area (Å²) in [6.45, 7) is 9.32. The molecule has 0 spiro atoms. The Bertz CT molecular complexity index is 490. The molecule has 0 amide bonds. The molecule has 0 saturated carbocycles. The van der Waals surface area contributed by atoms with Crippen LogP contribution >= 0.6 is 0 Å². The number of hydrogen-bond donors (Lipinski definition) is 1. The maximum absolute atomic E-state index is 4.35. The van der Waals surface area contributed by atoms with E-state index in [0.717, 1.165) is 12.1 Å². The van der Waals surface area contributed by atoms with Crippen LogP contribution in [0.5, 0.6) is 0 Å². The van der Waals surface area contributed by atoms with Gasteiger partial charge in [-0.1, -0.05) is 259 Å². The normalized spacial score (nSPS) is 12.8. The zero-order valence-corrected chi connectivity index (χ0v) is 36.9. The van der Waals surface area contributed by atoms with Gasteiger partial charge in [0.1, 0.15) is 0 Å². The molecule has 0 aromatic rings. The minimum absolute atomic E-state index is 0. The van der Waals surface area contributed by atoms with Crippen molar-refractivity contribution in [1.29, 1.82) is 0 Å². The molecule has 0 aliphatic heterocycles. The quantitative estimate of drug-likeness (QED) is 0.0498. The SMILES string of the molecule is CCCCCCCCCCCCCC(CCCCCCCCC)NC(CCCCCCCCC)CCCCCCCCCCCCC.[Na]. The van der Waals surface area contributed by atoms with Crippen molar-refractivity contribution in [3.63, 3.8) is 0 Å². The average molecular weight is 685 g/mol. The predicted molar refractivity (Wildman–Crippen MR) is 224 cm³/mol. The molecular weight excluding hydrogens is 590 g/mol. The standard InChI is InChI=1S/C46H95N.Na/c1-5-9-13-17-21-23-25-27-31-35-39-43-45(41-37-33-29-19-15-11-7-3)47-46(42-38-34-30-20-16-12-8-4)44-40-36-32-28-26-24-22-18-14-10-6-2;/h45-47H,5-44H2,1-4H3;. The fraction of sp³-hybridized carbons (Fsp3) is 1.00. The Hall–Kier alpha value is 0.960. The Labute approximate surface area is 329 Å². The summed E-state index contributed by atoms with van der Waals surface area (Å²) in [6.07, 6.45) is 58.0. The molecule has 0 heterocycles. The summed E-state index contributed by atoms with van der Waals surface area (Å²) < 4.78 is 0. The smallest absolute Gasteiger partial charge is 0.00696 e. The zero-order chi connectivity index (χ0) is 34.1. The number of rotatable bonds is 42. The molecule has 2 unspecified atom stereocenters. The van der Waals surface area contributed by atoms with Gasteiger partial charge in [0, 0.05) is 41.6 Å². The van der Waals surface area contributed by atoms with Crippen LogP contribution in [0.4, 0.5) is 0 Å². The maximum Gasteiger partial charge on any atom is 0.00696 e. The summed E-state index contributed by atoms with van der Waals surface area (Å²) >= 11 is 0. The Morgan fingerprint density at radius 3 is 0.542 bits per heavy atom. The average Bonchev–Trinajstić information content (AvgIpc) is 3.08. The molecule has 1 nitrogen and oxygen atoms in total. The molecule has 2 atom stereocenters. The molecule has 48 heavy (non-hydrogen) atoms. The second-order valence-electron chi connectivity index (χ2n) is 16.0. The molecule has 0 aromatic heterocycles. The van der Waals surface area contributed by atoms with Crippen LogP contribution in [0, 0.1) is 0 Å². The minimum Gasteiger partial charge on any atom is -0.311 e. The first-order valence-electron chi connectivity index (χ1n) is 23.0. The van der Waals surface area contributed by atoms with Gasteiger partial charge in [0.15, 0.2) is 0 Å². The molecule has 0 rings (SSSR count). The Kier molecular flexibility index (Phi) is 48.9. The predicted octanol–water partition coefficient (Wildman–Crippen LogP) is 16.6. The van der Waals surface area contributed by atoms with E-state index in [9.17, 15) is 0 Å². The third-order valence-corrected chi connectivity index (χ3v) is 11.1. The van der Waals surface area contributed by atoms with E-state index in [-0.39, 0.29) is 29.6 Å². The van der Waals surface area contributed by atoms with Crippen molar-refractivity contribution in [2.45, 2.75) is 297 Å². The molecule has 0 aliphatic rings. The first-order chi connectivity index (χ1) is 23.3. The van der Waals surface area contributed by atoms with Crippen molar-refractivity contribution < 1.29 is 0 Å². The third-order valence-electron chi connectivity index (χ3n) is 11.1. The summed E-state index contributed by atoms with van der Waals surface area (Å²) in [7, 11) is 0. The van der Waals surface area contributed by atoms with Gasteiger partial charge in [-0.3, -0.25) is 0 Å². The van der Waals surface area contributed by atoms with Crippen LogP contribution in [-0.2, 0) is 0 Å². The van der Waals surface area contributed by atoms with Crippen LogP contribution in [0.2, 0.25) is 0 Å². The third kappa shape index (κ3) is 41.4.